The van der Waals surface area contributed by atoms with Crippen LogP contribution in [0, 0.1) is 5.92 Å². The molecule has 20 heavy (non-hydrogen) atoms. The van der Waals surface area contributed by atoms with Gasteiger partial charge < -0.3 is 10.1 Å². The highest BCUT2D eigenvalue weighted by molar-refractivity contribution is 7.91. The molecule has 2 unspecified atom stereocenters. The summed E-state index contributed by atoms with van der Waals surface area (Å²) in [4.78, 5) is 0. The maximum atomic E-state index is 11.5. The largest absolute Gasteiger partial charge is 0.496 e. The van der Waals surface area contributed by atoms with Crippen molar-refractivity contribution in [2.45, 2.75) is 25.3 Å². The first-order chi connectivity index (χ1) is 9.54. The molecule has 1 N–H and O–H groups in total. The first kappa shape index (κ1) is 15.3. The fourth-order valence-electron chi connectivity index (χ4n) is 2.90. The van der Waals surface area contributed by atoms with E-state index in [-0.39, 0.29) is 12.0 Å². The summed E-state index contributed by atoms with van der Waals surface area (Å²) in [6.07, 6.45) is 2.55. The third-order valence-corrected chi connectivity index (χ3v) is 5.85. The number of ether oxygens (including phenoxy) is 1. The molecule has 0 spiro atoms. The van der Waals surface area contributed by atoms with Gasteiger partial charge in [0.1, 0.15) is 5.75 Å². The molecule has 1 aliphatic rings. The van der Waals surface area contributed by atoms with Crippen LogP contribution in [0.1, 0.15) is 18.4 Å². The van der Waals surface area contributed by atoms with Gasteiger partial charge in [-0.15, -0.1) is 0 Å². The third kappa shape index (κ3) is 3.96. The number of rotatable bonds is 6. The molecule has 1 fully saturated rings. The maximum absolute atomic E-state index is 11.5. The average Bonchev–Trinajstić information content (AvgIpc) is 2.77. The van der Waals surface area contributed by atoms with Gasteiger partial charge in [0.15, 0.2) is 9.84 Å². The molecule has 0 radical (unpaired) electrons. The standard InChI is InChI=1S/C15H23NO3S/c1-16-14(9-12-7-8-20(17,18)11-12)10-13-5-3-4-6-15(13)19-2/h3-6,12,14,16H,7-11H2,1-2H3. The van der Waals surface area contributed by atoms with E-state index in [0.29, 0.717) is 11.5 Å². The van der Waals surface area contributed by atoms with Crippen molar-refractivity contribution in [2.24, 2.45) is 5.92 Å². The van der Waals surface area contributed by atoms with Gasteiger partial charge in [0.2, 0.25) is 0 Å². The van der Waals surface area contributed by atoms with Gasteiger partial charge in [-0.25, -0.2) is 8.42 Å². The Kier molecular flexibility index (Phi) is 5.05. The van der Waals surface area contributed by atoms with Crippen molar-refractivity contribution >= 4 is 9.84 Å². The lowest BCUT2D eigenvalue weighted by molar-refractivity contribution is 0.394. The summed E-state index contributed by atoms with van der Waals surface area (Å²) >= 11 is 0. The van der Waals surface area contributed by atoms with Crippen LogP contribution in [0.3, 0.4) is 0 Å². The fraction of sp³-hybridized carbons (Fsp3) is 0.600. The molecule has 0 aromatic heterocycles. The normalized spacial score (nSPS) is 22.6. The summed E-state index contributed by atoms with van der Waals surface area (Å²) in [7, 11) is 0.824. The zero-order chi connectivity index (χ0) is 14.6. The predicted molar refractivity (Wildman–Crippen MR) is 80.9 cm³/mol. The first-order valence-corrected chi connectivity index (χ1v) is 8.86. The maximum Gasteiger partial charge on any atom is 0.150 e. The minimum atomic E-state index is -2.79. The number of benzene rings is 1. The number of likely N-dealkylation sites (N-methyl/N-ethyl adjacent to an activating group) is 1. The SMILES string of the molecule is CNC(Cc1ccccc1OC)CC1CCS(=O)(=O)C1. The van der Waals surface area contributed by atoms with Crippen LogP contribution in [-0.2, 0) is 16.3 Å². The molecule has 1 aromatic rings. The Morgan fingerprint density at radius 2 is 2.15 bits per heavy atom. The molecule has 0 saturated carbocycles. The summed E-state index contributed by atoms with van der Waals surface area (Å²) in [5.41, 5.74) is 1.16. The van der Waals surface area contributed by atoms with E-state index in [1.807, 2.05) is 25.2 Å². The zero-order valence-electron chi connectivity index (χ0n) is 12.1. The van der Waals surface area contributed by atoms with Gasteiger partial charge in [-0.3, -0.25) is 0 Å². The van der Waals surface area contributed by atoms with Crippen molar-refractivity contribution in [1.82, 2.24) is 5.32 Å². The quantitative estimate of drug-likeness (QED) is 0.867. The van der Waals surface area contributed by atoms with Crippen LogP contribution in [-0.4, -0.2) is 40.1 Å². The van der Waals surface area contributed by atoms with E-state index in [1.54, 1.807) is 7.11 Å². The Hall–Kier alpha value is -1.07. The van der Waals surface area contributed by atoms with Gasteiger partial charge in [0.05, 0.1) is 18.6 Å². The van der Waals surface area contributed by atoms with Crippen molar-refractivity contribution in [3.63, 3.8) is 0 Å². The molecule has 1 saturated heterocycles. The first-order valence-electron chi connectivity index (χ1n) is 7.03. The summed E-state index contributed by atoms with van der Waals surface area (Å²) in [5, 5.41) is 3.31. The Bertz CT molecular complexity index is 542. The van der Waals surface area contributed by atoms with E-state index >= 15 is 0 Å². The van der Waals surface area contributed by atoms with Crippen molar-refractivity contribution < 1.29 is 13.2 Å². The average molecular weight is 297 g/mol. The van der Waals surface area contributed by atoms with Crippen LogP contribution in [0.5, 0.6) is 5.75 Å². The highest BCUT2D eigenvalue weighted by Gasteiger charge is 2.29. The highest BCUT2D eigenvalue weighted by atomic mass is 32.2. The number of sulfone groups is 1. The van der Waals surface area contributed by atoms with Crippen LogP contribution in [0.15, 0.2) is 24.3 Å². The number of hydrogen-bond acceptors (Lipinski definition) is 4. The molecule has 1 aromatic carbocycles. The molecule has 1 aliphatic heterocycles. The summed E-state index contributed by atoms with van der Waals surface area (Å²) in [5.74, 6) is 1.87. The lowest BCUT2D eigenvalue weighted by atomic mass is 9.94. The topological polar surface area (TPSA) is 55.4 Å². The molecule has 0 bridgehead atoms. The third-order valence-electron chi connectivity index (χ3n) is 4.01. The van der Waals surface area contributed by atoms with Crippen molar-refractivity contribution in [3.8, 4) is 5.75 Å². The second kappa shape index (κ2) is 6.59. The van der Waals surface area contributed by atoms with E-state index in [2.05, 4.69) is 11.4 Å². The van der Waals surface area contributed by atoms with E-state index < -0.39 is 9.84 Å². The summed E-state index contributed by atoms with van der Waals surface area (Å²) in [6, 6.07) is 8.27. The second-order valence-corrected chi connectivity index (χ2v) is 7.74. The molecular formula is C15H23NO3S. The second-order valence-electron chi connectivity index (χ2n) is 5.51. The molecule has 112 valence electrons. The number of para-hydroxylation sites is 1. The molecule has 2 rings (SSSR count). The molecule has 5 heteroatoms. The predicted octanol–water partition coefficient (Wildman–Crippen LogP) is 1.65. The van der Waals surface area contributed by atoms with Gasteiger partial charge in [0, 0.05) is 6.04 Å². The summed E-state index contributed by atoms with van der Waals surface area (Å²) < 4.78 is 28.4. The van der Waals surface area contributed by atoms with Gasteiger partial charge in [0.25, 0.3) is 0 Å². The van der Waals surface area contributed by atoms with Gasteiger partial charge in [-0.05, 0) is 43.9 Å². The van der Waals surface area contributed by atoms with Crippen LogP contribution in [0.2, 0.25) is 0 Å². The van der Waals surface area contributed by atoms with Crippen LogP contribution in [0.4, 0.5) is 0 Å². The Morgan fingerprint density at radius 1 is 1.40 bits per heavy atom. The summed E-state index contributed by atoms with van der Waals surface area (Å²) in [6.45, 7) is 0. The Labute approximate surface area is 121 Å². The highest BCUT2D eigenvalue weighted by Crippen LogP contribution is 2.26. The van der Waals surface area contributed by atoms with Crippen molar-refractivity contribution in [2.75, 3.05) is 25.7 Å². The zero-order valence-corrected chi connectivity index (χ0v) is 12.9. The smallest absolute Gasteiger partial charge is 0.150 e. The molecule has 1 heterocycles. The van der Waals surface area contributed by atoms with E-state index in [0.717, 1.165) is 30.6 Å². The molecular weight excluding hydrogens is 274 g/mol. The lowest BCUT2D eigenvalue weighted by Crippen LogP contribution is -2.30. The molecule has 0 aliphatic carbocycles. The van der Waals surface area contributed by atoms with E-state index in [4.69, 9.17) is 4.74 Å². The van der Waals surface area contributed by atoms with Crippen molar-refractivity contribution in [3.05, 3.63) is 29.8 Å². The fourth-order valence-corrected chi connectivity index (χ4v) is 4.78. The molecule has 2 atom stereocenters. The molecule has 0 amide bonds. The van der Waals surface area contributed by atoms with Gasteiger partial charge >= 0.3 is 0 Å². The minimum absolute atomic E-state index is 0.282. The van der Waals surface area contributed by atoms with E-state index in [9.17, 15) is 8.42 Å². The Balaban J connectivity index is 1.99. The van der Waals surface area contributed by atoms with Crippen LogP contribution >= 0.6 is 0 Å². The van der Waals surface area contributed by atoms with E-state index in [1.165, 1.54) is 0 Å². The molecule has 4 nitrogen and oxygen atoms in total. The van der Waals surface area contributed by atoms with Crippen LogP contribution in [0.25, 0.3) is 0 Å². The van der Waals surface area contributed by atoms with Gasteiger partial charge in [-0.1, -0.05) is 18.2 Å². The lowest BCUT2D eigenvalue weighted by Gasteiger charge is -2.20. The van der Waals surface area contributed by atoms with Crippen LogP contribution < -0.4 is 10.1 Å². The van der Waals surface area contributed by atoms with Gasteiger partial charge in [-0.2, -0.15) is 0 Å². The minimum Gasteiger partial charge on any atom is -0.496 e. The number of nitrogens with one attached hydrogen (secondary N) is 1. The number of methoxy groups -OCH3 is 1. The van der Waals surface area contributed by atoms with Crippen molar-refractivity contribution in [1.29, 1.82) is 0 Å². The monoisotopic (exact) mass is 297 g/mol. The Morgan fingerprint density at radius 3 is 2.75 bits per heavy atom. The number of hydrogen-bond donors (Lipinski definition) is 1.